The molecule has 0 aromatic rings. The van der Waals surface area contributed by atoms with Crippen molar-refractivity contribution in [3.63, 3.8) is 0 Å². The van der Waals surface area contributed by atoms with Crippen molar-refractivity contribution in [3.8, 4) is 0 Å². The zero-order valence-electron chi connectivity index (χ0n) is 35.0. The number of allylic oxidation sites excluding steroid dienone is 8. The molecule has 0 fully saturated rings. The fraction of sp³-hybridized carbons (Fsp3) is 0.800. The molecule has 0 radical (unpaired) electrons. The average Bonchev–Trinajstić information content (AvgIpc) is 3.16. The van der Waals surface area contributed by atoms with Gasteiger partial charge in [0.1, 0.15) is 6.10 Å². The van der Waals surface area contributed by atoms with Crippen LogP contribution in [0.3, 0.4) is 0 Å². The van der Waals surface area contributed by atoms with E-state index in [-0.39, 0.29) is 32.3 Å². The molecule has 3 N–H and O–H groups in total. The number of hydrogen-bond acceptors (Lipinski definition) is 7. The van der Waals surface area contributed by atoms with Gasteiger partial charge < -0.3 is 20.1 Å². The number of carbonyl (C=O) groups excluding carboxylic acids is 1. The lowest BCUT2D eigenvalue weighted by Gasteiger charge is -2.20. The van der Waals surface area contributed by atoms with Crippen molar-refractivity contribution >= 4 is 13.8 Å². The molecule has 0 spiro atoms. The van der Waals surface area contributed by atoms with Crippen LogP contribution in [0.2, 0.25) is 0 Å². The molecular weight excluding hydrogens is 697 g/mol. The molecule has 2 atom stereocenters. The number of hydrogen-bond donors (Lipinski definition) is 2. The van der Waals surface area contributed by atoms with Gasteiger partial charge in [-0.25, -0.2) is 4.57 Å². The predicted octanol–water partition coefficient (Wildman–Crippen LogP) is 13.2. The minimum absolute atomic E-state index is 0.0956. The second kappa shape index (κ2) is 42.6. The third-order valence-corrected chi connectivity index (χ3v) is 10.2. The first-order chi connectivity index (χ1) is 26.4. The maximum atomic E-state index is 12.6. The molecule has 54 heavy (non-hydrogen) atoms. The van der Waals surface area contributed by atoms with Gasteiger partial charge in [0.25, 0.3) is 0 Å². The van der Waals surface area contributed by atoms with E-state index in [9.17, 15) is 14.3 Å². The summed E-state index contributed by atoms with van der Waals surface area (Å²) in [6.07, 6.45) is 49.8. The first kappa shape index (κ1) is 52.5. The summed E-state index contributed by atoms with van der Waals surface area (Å²) in [5.74, 6) is -0.343. The predicted molar refractivity (Wildman–Crippen MR) is 229 cm³/mol. The van der Waals surface area contributed by atoms with Crippen LogP contribution in [-0.4, -0.2) is 49.9 Å². The van der Waals surface area contributed by atoms with E-state index < -0.39 is 13.9 Å². The molecule has 0 amide bonds. The molecule has 0 aliphatic heterocycles. The van der Waals surface area contributed by atoms with Crippen LogP contribution in [0.15, 0.2) is 48.6 Å². The zero-order valence-corrected chi connectivity index (χ0v) is 35.8. The Morgan fingerprint density at radius 1 is 0.556 bits per heavy atom. The Bertz CT molecular complexity index is 968. The minimum Gasteiger partial charge on any atom is -0.457 e. The minimum atomic E-state index is -4.28. The van der Waals surface area contributed by atoms with Gasteiger partial charge in [-0.05, 0) is 77.0 Å². The molecule has 0 aliphatic rings. The lowest BCUT2D eigenvalue weighted by Crippen LogP contribution is -2.28. The molecule has 0 aromatic heterocycles. The highest BCUT2D eigenvalue weighted by Gasteiger charge is 2.25. The summed E-state index contributed by atoms with van der Waals surface area (Å²) in [4.78, 5) is 22.5. The number of phosphoric acid groups is 1. The largest absolute Gasteiger partial charge is 0.472 e. The fourth-order valence-electron chi connectivity index (χ4n) is 5.94. The van der Waals surface area contributed by atoms with Gasteiger partial charge in [-0.15, -0.1) is 0 Å². The summed E-state index contributed by atoms with van der Waals surface area (Å²) >= 11 is 0. The van der Waals surface area contributed by atoms with Crippen molar-refractivity contribution < 1.29 is 32.8 Å². The highest BCUT2D eigenvalue weighted by atomic mass is 31.2. The Morgan fingerprint density at radius 2 is 0.981 bits per heavy atom. The van der Waals surface area contributed by atoms with E-state index >= 15 is 0 Å². The van der Waals surface area contributed by atoms with Crippen molar-refractivity contribution in [2.24, 2.45) is 5.73 Å². The van der Waals surface area contributed by atoms with Crippen molar-refractivity contribution in [2.45, 2.75) is 200 Å². The Labute approximate surface area is 332 Å². The Hall–Kier alpha value is -1.54. The van der Waals surface area contributed by atoms with E-state index in [0.717, 1.165) is 64.2 Å². The summed E-state index contributed by atoms with van der Waals surface area (Å²) in [6, 6.07) is 0. The van der Waals surface area contributed by atoms with Gasteiger partial charge in [0, 0.05) is 19.6 Å². The molecule has 2 unspecified atom stereocenters. The topological polar surface area (TPSA) is 117 Å². The van der Waals surface area contributed by atoms with Crippen molar-refractivity contribution in [3.05, 3.63) is 48.6 Å². The van der Waals surface area contributed by atoms with E-state index in [0.29, 0.717) is 13.0 Å². The van der Waals surface area contributed by atoms with Crippen LogP contribution in [-0.2, 0) is 27.9 Å². The van der Waals surface area contributed by atoms with Gasteiger partial charge in [0.15, 0.2) is 0 Å². The third-order valence-electron chi connectivity index (χ3n) is 9.22. The van der Waals surface area contributed by atoms with Crippen LogP contribution >= 0.6 is 7.82 Å². The van der Waals surface area contributed by atoms with Crippen LogP contribution in [0.25, 0.3) is 0 Å². The van der Waals surface area contributed by atoms with Crippen LogP contribution in [0.5, 0.6) is 0 Å². The first-order valence-corrected chi connectivity index (χ1v) is 23.6. The molecular formula is C45H84NO7P. The summed E-state index contributed by atoms with van der Waals surface area (Å²) in [7, 11) is -4.28. The quantitative estimate of drug-likeness (QED) is 0.0272. The fourth-order valence-corrected chi connectivity index (χ4v) is 6.70. The second-order valence-corrected chi connectivity index (χ2v) is 16.0. The van der Waals surface area contributed by atoms with Gasteiger partial charge in [-0.2, -0.15) is 0 Å². The number of unbranched alkanes of at least 4 members (excludes halogenated alkanes) is 21. The SMILES string of the molecule is CCCCCC/C=C\C/C=C\CCCCCCCCCC(=O)OC(COCCCCCCCC/C=C\C/C=C\CCCCCC)COP(=O)(O)OCCN. The van der Waals surface area contributed by atoms with Crippen LogP contribution < -0.4 is 5.73 Å². The summed E-state index contributed by atoms with van der Waals surface area (Å²) < 4.78 is 33.4. The van der Waals surface area contributed by atoms with E-state index in [4.69, 9.17) is 24.3 Å². The van der Waals surface area contributed by atoms with E-state index in [1.54, 1.807) is 0 Å². The van der Waals surface area contributed by atoms with E-state index in [1.807, 2.05) is 0 Å². The summed E-state index contributed by atoms with van der Waals surface area (Å²) in [5.41, 5.74) is 5.37. The van der Waals surface area contributed by atoms with Gasteiger partial charge in [-0.3, -0.25) is 13.8 Å². The van der Waals surface area contributed by atoms with Crippen molar-refractivity contribution in [1.29, 1.82) is 0 Å². The van der Waals surface area contributed by atoms with Gasteiger partial charge in [-0.1, -0.05) is 159 Å². The Balaban J connectivity index is 4.06. The number of ether oxygens (including phenoxy) is 2. The van der Waals surface area contributed by atoms with E-state index in [2.05, 4.69) is 62.5 Å². The summed E-state index contributed by atoms with van der Waals surface area (Å²) in [6.45, 7) is 4.86. The number of carbonyl (C=O) groups is 1. The van der Waals surface area contributed by atoms with Crippen LogP contribution in [0, 0.1) is 0 Å². The molecule has 0 bridgehead atoms. The number of esters is 1. The molecule has 0 saturated carbocycles. The van der Waals surface area contributed by atoms with Crippen LogP contribution in [0.4, 0.5) is 0 Å². The smallest absolute Gasteiger partial charge is 0.457 e. The van der Waals surface area contributed by atoms with Gasteiger partial charge in [0.2, 0.25) is 0 Å². The average molecular weight is 782 g/mol. The Morgan fingerprint density at radius 3 is 1.44 bits per heavy atom. The van der Waals surface area contributed by atoms with Gasteiger partial charge >= 0.3 is 13.8 Å². The lowest BCUT2D eigenvalue weighted by atomic mass is 10.1. The molecule has 316 valence electrons. The molecule has 0 aromatic carbocycles. The lowest BCUT2D eigenvalue weighted by molar-refractivity contribution is -0.154. The Kier molecular flexibility index (Phi) is 41.4. The molecule has 0 aliphatic carbocycles. The highest BCUT2D eigenvalue weighted by Crippen LogP contribution is 2.43. The monoisotopic (exact) mass is 782 g/mol. The van der Waals surface area contributed by atoms with Crippen LogP contribution in [0.1, 0.15) is 194 Å². The zero-order chi connectivity index (χ0) is 39.5. The number of rotatable bonds is 42. The van der Waals surface area contributed by atoms with E-state index in [1.165, 1.54) is 109 Å². The molecule has 0 saturated heterocycles. The number of phosphoric ester groups is 1. The van der Waals surface area contributed by atoms with Crippen molar-refractivity contribution in [2.75, 3.05) is 33.0 Å². The van der Waals surface area contributed by atoms with Crippen molar-refractivity contribution in [1.82, 2.24) is 0 Å². The first-order valence-electron chi connectivity index (χ1n) is 22.1. The number of nitrogens with two attached hydrogens (primary N) is 1. The molecule has 8 nitrogen and oxygen atoms in total. The standard InChI is InChI=1S/C45H84NO7P/c1-3-5-7-9-11-13-15-17-19-21-22-24-26-28-30-32-34-36-38-45(47)53-44(43-52-54(48,49)51-41-39-46)42-50-40-37-35-33-31-29-27-25-23-20-18-16-14-12-10-8-6-4-2/h13-16,19-21,23,44H,3-12,17-18,22,24-43,46H2,1-2H3,(H,48,49)/b15-13-,16-14-,21-19-,23-20-. The molecule has 9 heteroatoms. The molecule has 0 heterocycles. The normalized spacial score (nSPS) is 13.9. The maximum Gasteiger partial charge on any atom is 0.472 e. The third kappa shape index (κ3) is 41.6. The van der Waals surface area contributed by atoms with Gasteiger partial charge in [0.05, 0.1) is 19.8 Å². The second-order valence-electron chi connectivity index (χ2n) is 14.6. The highest BCUT2D eigenvalue weighted by molar-refractivity contribution is 7.47. The maximum absolute atomic E-state index is 12.6. The summed E-state index contributed by atoms with van der Waals surface area (Å²) in [5, 5.41) is 0. The molecule has 0 rings (SSSR count).